The van der Waals surface area contributed by atoms with Crippen molar-refractivity contribution in [2.24, 2.45) is 11.7 Å². The predicted molar refractivity (Wildman–Crippen MR) is 85.1 cm³/mol. The molecule has 1 aromatic rings. The van der Waals surface area contributed by atoms with Gasteiger partial charge in [0.2, 0.25) is 0 Å². The molecule has 1 atom stereocenters. The molecule has 1 fully saturated rings. The van der Waals surface area contributed by atoms with Crippen molar-refractivity contribution in [3.63, 3.8) is 0 Å². The highest BCUT2D eigenvalue weighted by Gasteiger charge is 2.24. The molecule has 19 heavy (non-hydrogen) atoms. The van der Waals surface area contributed by atoms with E-state index < -0.39 is 0 Å². The average Bonchev–Trinajstić information content (AvgIpc) is 3.21. The van der Waals surface area contributed by atoms with Gasteiger partial charge < -0.3 is 10.6 Å². The topological polar surface area (TPSA) is 29.3 Å². The van der Waals surface area contributed by atoms with Gasteiger partial charge in [-0.1, -0.05) is 35.0 Å². The highest BCUT2D eigenvalue weighted by Crippen LogP contribution is 2.30. The molecule has 1 aromatic carbocycles. The third-order valence-electron chi connectivity index (χ3n) is 3.81. The summed E-state index contributed by atoms with van der Waals surface area (Å²) in [6, 6.07) is 8.55. The molecule has 0 heterocycles. The van der Waals surface area contributed by atoms with Crippen molar-refractivity contribution in [3.8, 4) is 0 Å². The average molecular weight is 325 g/mol. The summed E-state index contributed by atoms with van der Waals surface area (Å²) in [7, 11) is 0. The molecule has 1 unspecified atom stereocenters. The fourth-order valence-corrected chi connectivity index (χ4v) is 2.74. The van der Waals surface area contributed by atoms with Crippen LogP contribution >= 0.6 is 15.9 Å². The SMILES string of the molecule is CCCN(CCC(N)c1ccc(Br)cc1)CC1CC1. The van der Waals surface area contributed by atoms with Crippen LogP contribution in [0.1, 0.15) is 44.2 Å². The van der Waals surface area contributed by atoms with E-state index in [-0.39, 0.29) is 6.04 Å². The molecular formula is C16H25BrN2. The van der Waals surface area contributed by atoms with Crippen LogP contribution in [0.5, 0.6) is 0 Å². The number of nitrogens with two attached hydrogens (primary N) is 1. The molecule has 0 radical (unpaired) electrons. The van der Waals surface area contributed by atoms with Gasteiger partial charge >= 0.3 is 0 Å². The van der Waals surface area contributed by atoms with Gasteiger partial charge in [0.25, 0.3) is 0 Å². The Hall–Kier alpha value is -0.380. The summed E-state index contributed by atoms with van der Waals surface area (Å²) < 4.78 is 1.12. The molecule has 106 valence electrons. The lowest BCUT2D eigenvalue weighted by atomic mass is 10.0. The second-order valence-corrected chi connectivity index (χ2v) is 6.61. The van der Waals surface area contributed by atoms with Gasteiger partial charge in [-0.15, -0.1) is 0 Å². The second kappa shape index (κ2) is 7.41. The minimum atomic E-state index is 0.159. The summed E-state index contributed by atoms with van der Waals surface area (Å²) in [6.45, 7) is 5.88. The van der Waals surface area contributed by atoms with E-state index in [1.165, 1.54) is 37.9 Å². The van der Waals surface area contributed by atoms with E-state index in [0.717, 1.165) is 23.4 Å². The standard InChI is InChI=1S/C16H25BrN2/c1-2-10-19(12-13-3-4-13)11-9-16(18)14-5-7-15(17)8-6-14/h5-8,13,16H,2-4,9-12,18H2,1H3. The lowest BCUT2D eigenvalue weighted by Crippen LogP contribution is -2.30. The molecule has 0 amide bonds. The molecule has 2 rings (SSSR count). The Morgan fingerprint density at radius 1 is 1.26 bits per heavy atom. The van der Waals surface area contributed by atoms with Gasteiger partial charge in [-0.2, -0.15) is 0 Å². The van der Waals surface area contributed by atoms with E-state index in [9.17, 15) is 0 Å². The maximum atomic E-state index is 6.29. The molecule has 2 N–H and O–H groups in total. The van der Waals surface area contributed by atoms with E-state index in [1.54, 1.807) is 0 Å². The van der Waals surface area contributed by atoms with Crippen molar-refractivity contribution >= 4 is 15.9 Å². The van der Waals surface area contributed by atoms with Gasteiger partial charge in [0.05, 0.1) is 0 Å². The zero-order valence-electron chi connectivity index (χ0n) is 11.8. The number of nitrogens with zero attached hydrogens (tertiary/aromatic N) is 1. The molecule has 0 aromatic heterocycles. The minimum absolute atomic E-state index is 0.159. The van der Waals surface area contributed by atoms with E-state index in [4.69, 9.17) is 5.73 Å². The molecule has 0 bridgehead atoms. The van der Waals surface area contributed by atoms with Crippen LogP contribution < -0.4 is 5.73 Å². The highest BCUT2D eigenvalue weighted by molar-refractivity contribution is 9.10. The van der Waals surface area contributed by atoms with Gasteiger partial charge in [0, 0.05) is 17.1 Å². The monoisotopic (exact) mass is 324 g/mol. The summed E-state index contributed by atoms with van der Waals surface area (Å²) in [5.41, 5.74) is 7.54. The Balaban J connectivity index is 1.79. The van der Waals surface area contributed by atoms with E-state index in [0.29, 0.717) is 0 Å². The molecule has 0 saturated heterocycles. The summed E-state index contributed by atoms with van der Waals surface area (Å²) in [5.74, 6) is 0.968. The minimum Gasteiger partial charge on any atom is -0.324 e. The largest absolute Gasteiger partial charge is 0.324 e. The Labute approximate surface area is 125 Å². The molecule has 1 aliphatic rings. The third kappa shape index (κ3) is 5.25. The predicted octanol–water partition coefficient (Wildman–Crippen LogP) is 3.96. The first-order chi connectivity index (χ1) is 9.19. The van der Waals surface area contributed by atoms with Gasteiger partial charge in [-0.05, 0) is 62.4 Å². The molecular weight excluding hydrogens is 300 g/mol. The molecule has 1 saturated carbocycles. The fourth-order valence-electron chi connectivity index (χ4n) is 2.47. The number of rotatable bonds is 8. The maximum absolute atomic E-state index is 6.29. The van der Waals surface area contributed by atoms with Crippen LogP contribution in [0, 0.1) is 5.92 Å². The van der Waals surface area contributed by atoms with E-state index in [2.05, 4.69) is 52.0 Å². The Kier molecular flexibility index (Phi) is 5.86. The summed E-state index contributed by atoms with van der Waals surface area (Å²) in [4.78, 5) is 2.59. The van der Waals surface area contributed by atoms with Crippen molar-refractivity contribution < 1.29 is 0 Å². The number of hydrogen-bond donors (Lipinski definition) is 1. The first kappa shape index (κ1) is 15.0. The van der Waals surface area contributed by atoms with Gasteiger partial charge in [0.1, 0.15) is 0 Å². The first-order valence-electron chi connectivity index (χ1n) is 7.42. The van der Waals surface area contributed by atoms with Crippen LogP contribution in [-0.2, 0) is 0 Å². The van der Waals surface area contributed by atoms with Gasteiger partial charge in [0.15, 0.2) is 0 Å². The summed E-state index contributed by atoms with van der Waals surface area (Å²) in [5, 5.41) is 0. The van der Waals surface area contributed by atoms with Crippen LogP contribution in [0.4, 0.5) is 0 Å². The maximum Gasteiger partial charge on any atom is 0.0307 e. The zero-order valence-corrected chi connectivity index (χ0v) is 13.4. The van der Waals surface area contributed by atoms with Crippen molar-refractivity contribution in [3.05, 3.63) is 34.3 Å². The zero-order chi connectivity index (χ0) is 13.7. The fraction of sp³-hybridized carbons (Fsp3) is 0.625. The van der Waals surface area contributed by atoms with Crippen LogP contribution in [0.15, 0.2) is 28.7 Å². The number of halogens is 1. The van der Waals surface area contributed by atoms with Crippen LogP contribution in [0.25, 0.3) is 0 Å². The van der Waals surface area contributed by atoms with Gasteiger partial charge in [-0.25, -0.2) is 0 Å². The first-order valence-corrected chi connectivity index (χ1v) is 8.21. The number of hydrogen-bond acceptors (Lipinski definition) is 2. The smallest absolute Gasteiger partial charge is 0.0307 e. The molecule has 3 heteroatoms. The molecule has 1 aliphatic carbocycles. The van der Waals surface area contributed by atoms with E-state index in [1.807, 2.05) is 0 Å². The molecule has 0 aliphatic heterocycles. The Morgan fingerprint density at radius 2 is 1.95 bits per heavy atom. The second-order valence-electron chi connectivity index (χ2n) is 5.69. The van der Waals surface area contributed by atoms with Crippen LogP contribution in [-0.4, -0.2) is 24.5 Å². The Morgan fingerprint density at radius 3 is 2.53 bits per heavy atom. The van der Waals surface area contributed by atoms with Crippen molar-refractivity contribution in [1.29, 1.82) is 0 Å². The van der Waals surface area contributed by atoms with Crippen molar-refractivity contribution in [1.82, 2.24) is 4.90 Å². The number of benzene rings is 1. The summed E-state index contributed by atoms with van der Waals surface area (Å²) >= 11 is 3.46. The van der Waals surface area contributed by atoms with Crippen LogP contribution in [0.2, 0.25) is 0 Å². The summed E-state index contributed by atoms with van der Waals surface area (Å²) in [6.07, 6.45) is 5.15. The van der Waals surface area contributed by atoms with Crippen molar-refractivity contribution in [2.45, 2.75) is 38.6 Å². The van der Waals surface area contributed by atoms with Gasteiger partial charge in [-0.3, -0.25) is 0 Å². The lowest BCUT2D eigenvalue weighted by molar-refractivity contribution is 0.253. The van der Waals surface area contributed by atoms with Crippen molar-refractivity contribution in [2.75, 3.05) is 19.6 Å². The van der Waals surface area contributed by atoms with Crippen LogP contribution in [0.3, 0.4) is 0 Å². The quantitative estimate of drug-likeness (QED) is 0.784. The third-order valence-corrected chi connectivity index (χ3v) is 4.34. The molecule has 0 spiro atoms. The lowest BCUT2D eigenvalue weighted by Gasteiger charge is -2.23. The highest BCUT2D eigenvalue weighted by atomic mass is 79.9. The normalized spacial score (nSPS) is 16.8. The Bertz CT molecular complexity index is 373. The molecule has 2 nitrogen and oxygen atoms in total. The van der Waals surface area contributed by atoms with E-state index >= 15 is 0 Å².